The number of hydrogen-bond donors (Lipinski definition) is 1. The van der Waals surface area contributed by atoms with Gasteiger partial charge >= 0.3 is 0 Å². The van der Waals surface area contributed by atoms with Crippen LogP contribution in [0, 0.1) is 13.8 Å². The standard InChI is InChI=1S/C20H25N/c1-14-7-8-16(11-15(14)2)12-20(21)19-10-9-17-5-3-4-6-18(17)13-19/h7-11,13,20H,3-6,12,21H2,1-2H3. The highest BCUT2D eigenvalue weighted by molar-refractivity contribution is 5.36. The van der Waals surface area contributed by atoms with Gasteiger partial charge in [0.1, 0.15) is 0 Å². The lowest BCUT2D eigenvalue weighted by Crippen LogP contribution is -2.15. The molecule has 1 aliphatic rings. The molecule has 0 radical (unpaired) electrons. The Kier molecular flexibility index (Phi) is 4.12. The van der Waals surface area contributed by atoms with Gasteiger partial charge in [-0.25, -0.2) is 0 Å². The van der Waals surface area contributed by atoms with Crippen LogP contribution in [0.1, 0.15) is 52.3 Å². The second-order valence-corrected chi connectivity index (χ2v) is 6.46. The van der Waals surface area contributed by atoms with Crippen LogP contribution in [0.25, 0.3) is 0 Å². The van der Waals surface area contributed by atoms with Gasteiger partial charge in [-0.3, -0.25) is 0 Å². The van der Waals surface area contributed by atoms with E-state index in [4.69, 9.17) is 5.73 Å². The molecule has 1 nitrogen and oxygen atoms in total. The average molecular weight is 279 g/mol. The van der Waals surface area contributed by atoms with Crippen LogP contribution < -0.4 is 5.73 Å². The second-order valence-electron chi connectivity index (χ2n) is 6.46. The molecular weight excluding hydrogens is 254 g/mol. The van der Waals surface area contributed by atoms with Crippen LogP contribution in [0.15, 0.2) is 36.4 Å². The zero-order valence-corrected chi connectivity index (χ0v) is 13.2. The van der Waals surface area contributed by atoms with Crippen molar-refractivity contribution >= 4 is 0 Å². The van der Waals surface area contributed by atoms with Crippen molar-refractivity contribution in [3.63, 3.8) is 0 Å². The molecule has 0 amide bonds. The largest absolute Gasteiger partial charge is 0.324 e. The third-order valence-corrected chi connectivity index (χ3v) is 4.83. The number of rotatable bonds is 3. The van der Waals surface area contributed by atoms with Crippen LogP contribution in [0.5, 0.6) is 0 Å². The summed E-state index contributed by atoms with van der Waals surface area (Å²) in [6.45, 7) is 4.33. The van der Waals surface area contributed by atoms with Crippen molar-refractivity contribution < 1.29 is 0 Å². The minimum absolute atomic E-state index is 0.0966. The van der Waals surface area contributed by atoms with E-state index in [1.54, 1.807) is 0 Å². The van der Waals surface area contributed by atoms with Crippen LogP contribution in [0.2, 0.25) is 0 Å². The molecule has 0 saturated heterocycles. The van der Waals surface area contributed by atoms with Crippen molar-refractivity contribution in [2.24, 2.45) is 5.73 Å². The fourth-order valence-electron chi connectivity index (χ4n) is 3.29. The molecule has 1 heteroatoms. The number of benzene rings is 2. The topological polar surface area (TPSA) is 26.0 Å². The summed E-state index contributed by atoms with van der Waals surface area (Å²) in [5, 5.41) is 0. The molecular formula is C20H25N. The van der Waals surface area contributed by atoms with Crippen LogP contribution >= 0.6 is 0 Å². The zero-order chi connectivity index (χ0) is 14.8. The summed E-state index contributed by atoms with van der Waals surface area (Å²) in [6, 6.07) is 13.7. The highest BCUT2D eigenvalue weighted by Crippen LogP contribution is 2.25. The summed E-state index contributed by atoms with van der Waals surface area (Å²) < 4.78 is 0. The predicted octanol–water partition coefficient (Wildman–Crippen LogP) is 4.42. The summed E-state index contributed by atoms with van der Waals surface area (Å²) >= 11 is 0. The van der Waals surface area contributed by atoms with Gasteiger partial charge in [-0.1, -0.05) is 36.4 Å². The molecule has 2 N–H and O–H groups in total. The lowest BCUT2D eigenvalue weighted by Gasteiger charge is -2.19. The van der Waals surface area contributed by atoms with Crippen LogP contribution in [-0.2, 0) is 19.3 Å². The number of nitrogens with two attached hydrogens (primary N) is 1. The molecule has 1 atom stereocenters. The van der Waals surface area contributed by atoms with Crippen molar-refractivity contribution in [3.8, 4) is 0 Å². The van der Waals surface area contributed by atoms with E-state index in [0.29, 0.717) is 0 Å². The lowest BCUT2D eigenvalue weighted by atomic mass is 9.88. The van der Waals surface area contributed by atoms with E-state index in [0.717, 1.165) is 6.42 Å². The van der Waals surface area contributed by atoms with E-state index in [-0.39, 0.29) is 6.04 Å². The maximum Gasteiger partial charge on any atom is 0.0335 e. The molecule has 0 bridgehead atoms. The molecule has 0 heterocycles. The van der Waals surface area contributed by atoms with Gasteiger partial charge in [0.05, 0.1) is 0 Å². The van der Waals surface area contributed by atoms with Gasteiger partial charge in [-0.2, -0.15) is 0 Å². The predicted molar refractivity (Wildman–Crippen MR) is 89.6 cm³/mol. The Hall–Kier alpha value is -1.60. The SMILES string of the molecule is Cc1ccc(CC(N)c2ccc3c(c2)CCCC3)cc1C. The lowest BCUT2D eigenvalue weighted by molar-refractivity contribution is 0.675. The first-order valence-electron chi connectivity index (χ1n) is 8.07. The molecule has 2 aromatic carbocycles. The Labute approximate surface area is 128 Å². The van der Waals surface area contributed by atoms with E-state index in [1.807, 2.05) is 0 Å². The van der Waals surface area contributed by atoms with Crippen molar-refractivity contribution in [3.05, 3.63) is 69.8 Å². The molecule has 0 aliphatic heterocycles. The molecule has 2 aromatic rings. The summed E-state index contributed by atoms with van der Waals surface area (Å²) in [6.07, 6.45) is 6.03. The van der Waals surface area contributed by atoms with Crippen molar-refractivity contribution in [1.29, 1.82) is 0 Å². The van der Waals surface area contributed by atoms with Gasteiger partial charge in [0, 0.05) is 6.04 Å². The number of fused-ring (bicyclic) bond motifs is 1. The monoisotopic (exact) mass is 279 g/mol. The average Bonchev–Trinajstić information content (AvgIpc) is 2.50. The fraction of sp³-hybridized carbons (Fsp3) is 0.400. The van der Waals surface area contributed by atoms with E-state index >= 15 is 0 Å². The zero-order valence-electron chi connectivity index (χ0n) is 13.2. The normalized spacial score (nSPS) is 15.6. The van der Waals surface area contributed by atoms with Crippen molar-refractivity contribution in [1.82, 2.24) is 0 Å². The summed E-state index contributed by atoms with van der Waals surface area (Å²) in [4.78, 5) is 0. The molecule has 3 rings (SSSR count). The quantitative estimate of drug-likeness (QED) is 0.884. The Bertz CT molecular complexity index is 642. The Morgan fingerprint density at radius 1 is 0.905 bits per heavy atom. The van der Waals surface area contributed by atoms with Crippen LogP contribution in [-0.4, -0.2) is 0 Å². The van der Waals surface area contributed by atoms with Gasteiger partial charge in [-0.15, -0.1) is 0 Å². The van der Waals surface area contributed by atoms with Crippen LogP contribution in [0.3, 0.4) is 0 Å². The summed E-state index contributed by atoms with van der Waals surface area (Å²) in [7, 11) is 0. The maximum absolute atomic E-state index is 6.45. The van der Waals surface area contributed by atoms with E-state index < -0.39 is 0 Å². The molecule has 0 spiro atoms. The highest BCUT2D eigenvalue weighted by atomic mass is 14.6. The van der Waals surface area contributed by atoms with Gasteiger partial charge in [0.15, 0.2) is 0 Å². The molecule has 21 heavy (non-hydrogen) atoms. The van der Waals surface area contributed by atoms with E-state index in [2.05, 4.69) is 50.2 Å². The highest BCUT2D eigenvalue weighted by Gasteiger charge is 2.13. The number of hydrogen-bond acceptors (Lipinski definition) is 1. The number of aryl methyl sites for hydroxylation is 4. The van der Waals surface area contributed by atoms with Gasteiger partial charge in [0.2, 0.25) is 0 Å². The molecule has 0 aromatic heterocycles. The smallest absolute Gasteiger partial charge is 0.0335 e. The van der Waals surface area contributed by atoms with E-state index in [1.165, 1.54) is 59.1 Å². The molecule has 110 valence electrons. The fourth-order valence-corrected chi connectivity index (χ4v) is 3.29. The Balaban J connectivity index is 1.78. The molecule has 1 unspecified atom stereocenters. The molecule has 0 fully saturated rings. The Morgan fingerprint density at radius 3 is 2.43 bits per heavy atom. The first kappa shape index (κ1) is 14.3. The third-order valence-electron chi connectivity index (χ3n) is 4.83. The minimum Gasteiger partial charge on any atom is -0.324 e. The second kappa shape index (κ2) is 6.03. The van der Waals surface area contributed by atoms with Crippen LogP contribution in [0.4, 0.5) is 0 Å². The van der Waals surface area contributed by atoms with Crippen molar-refractivity contribution in [2.75, 3.05) is 0 Å². The summed E-state index contributed by atoms with van der Waals surface area (Å²) in [5.74, 6) is 0. The Morgan fingerprint density at radius 2 is 1.67 bits per heavy atom. The van der Waals surface area contributed by atoms with Gasteiger partial charge in [0.25, 0.3) is 0 Å². The molecule has 1 aliphatic carbocycles. The van der Waals surface area contributed by atoms with E-state index in [9.17, 15) is 0 Å². The van der Waals surface area contributed by atoms with Crippen molar-refractivity contribution in [2.45, 2.75) is 52.0 Å². The van der Waals surface area contributed by atoms with Gasteiger partial charge in [-0.05, 0) is 79.3 Å². The first-order chi connectivity index (χ1) is 10.1. The van der Waals surface area contributed by atoms with Gasteiger partial charge < -0.3 is 5.73 Å². The minimum atomic E-state index is 0.0966. The summed E-state index contributed by atoms with van der Waals surface area (Å²) in [5.41, 5.74) is 14.8. The third kappa shape index (κ3) is 3.19. The maximum atomic E-state index is 6.45. The first-order valence-corrected chi connectivity index (χ1v) is 8.07. The molecule has 0 saturated carbocycles.